The zero-order valence-corrected chi connectivity index (χ0v) is 15.6. The van der Waals surface area contributed by atoms with Crippen molar-refractivity contribution < 1.29 is 22.4 Å². The molecule has 2 amide bonds. The largest absolute Gasteiger partial charge is 0.271 e. The number of carbonyl (C=O) groups is 2. The molecule has 27 heavy (non-hydrogen) atoms. The minimum Gasteiger partial charge on any atom is -0.271 e. The summed E-state index contributed by atoms with van der Waals surface area (Å²) in [5, 5.41) is 0. The van der Waals surface area contributed by atoms with Gasteiger partial charge in [0.05, 0.1) is 6.04 Å². The van der Waals surface area contributed by atoms with E-state index in [4.69, 9.17) is 0 Å². The minimum absolute atomic E-state index is 0.340. The molecule has 2 aromatic carbocycles. The van der Waals surface area contributed by atoms with Crippen molar-refractivity contribution in [1.29, 1.82) is 0 Å². The quantitative estimate of drug-likeness (QED) is 0.647. The highest BCUT2D eigenvalue weighted by Gasteiger charge is 2.24. The number of amides is 2. The molecule has 0 fully saturated rings. The Kier molecular flexibility index (Phi) is 6.65. The molecule has 144 valence electrons. The van der Waals surface area contributed by atoms with Crippen LogP contribution in [0.3, 0.4) is 0 Å². The lowest BCUT2D eigenvalue weighted by Gasteiger charge is -2.15. The van der Waals surface area contributed by atoms with E-state index in [1.807, 2.05) is 6.92 Å². The summed E-state index contributed by atoms with van der Waals surface area (Å²) in [6.07, 6.45) is 0.832. The number of nitrogens with one attached hydrogen (secondary N) is 3. The number of sulfonamides is 1. The molecule has 1 atom stereocenters. The summed E-state index contributed by atoms with van der Waals surface area (Å²) in [6.45, 7) is 3.26. The number of carbonyl (C=O) groups excluding carboxylic acids is 2. The lowest BCUT2D eigenvalue weighted by atomic mass is 10.1. The van der Waals surface area contributed by atoms with E-state index in [1.165, 1.54) is 19.1 Å². The van der Waals surface area contributed by atoms with E-state index >= 15 is 0 Å². The third kappa shape index (κ3) is 5.35. The molecule has 0 aliphatic rings. The van der Waals surface area contributed by atoms with Crippen LogP contribution in [0.15, 0.2) is 53.4 Å². The average Bonchev–Trinajstić information content (AvgIpc) is 2.65. The topological polar surface area (TPSA) is 104 Å². The lowest BCUT2D eigenvalue weighted by Crippen LogP contribution is -2.51. The molecule has 2 rings (SSSR count). The van der Waals surface area contributed by atoms with Crippen LogP contribution in [-0.4, -0.2) is 26.3 Å². The first kappa shape index (κ1) is 20.5. The number of rotatable bonds is 6. The average molecular weight is 393 g/mol. The van der Waals surface area contributed by atoms with Crippen LogP contribution in [0.1, 0.15) is 29.8 Å². The summed E-state index contributed by atoms with van der Waals surface area (Å²) in [6, 6.07) is 10.4. The second kappa shape index (κ2) is 8.74. The third-order valence-corrected chi connectivity index (χ3v) is 5.35. The second-order valence-corrected chi connectivity index (χ2v) is 7.45. The number of halogens is 1. The van der Waals surface area contributed by atoms with Gasteiger partial charge in [-0.3, -0.25) is 20.4 Å². The van der Waals surface area contributed by atoms with E-state index in [0.29, 0.717) is 5.56 Å². The van der Waals surface area contributed by atoms with Crippen LogP contribution in [0.2, 0.25) is 0 Å². The van der Waals surface area contributed by atoms with E-state index in [1.54, 1.807) is 24.3 Å². The Morgan fingerprint density at radius 1 is 1.04 bits per heavy atom. The molecule has 7 nitrogen and oxygen atoms in total. The van der Waals surface area contributed by atoms with E-state index in [9.17, 15) is 22.4 Å². The molecule has 0 aromatic heterocycles. The summed E-state index contributed by atoms with van der Waals surface area (Å²) in [7, 11) is -4.23. The molecule has 2 aromatic rings. The highest BCUT2D eigenvalue weighted by Crippen LogP contribution is 2.13. The van der Waals surface area contributed by atoms with E-state index < -0.39 is 38.6 Å². The fourth-order valence-corrected chi connectivity index (χ4v) is 3.48. The van der Waals surface area contributed by atoms with Crippen molar-refractivity contribution in [3.05, 3.63) is 65.5 Å². The van der Waals surface area contributed by atoms with Gasteiger partial charge in [-0.05, 0) is 43.2 Å². The first-order chi connectivity index (χ1) is 12.7. The normalized spacial score (nSPS) is 12.3. The predicted octanol–water partition coefficient (Wildman–Crippen LogP) is 1.52. The summed E-state index contributed by atoms with van der Waals surface area (Å²) in [4.78, 5) is 23.5. The van der Waals surface area contributed by atoms with Gasteiger partial charge < -0.3 is 0 Å². The van der Waals surface area contributed by atoms with E-state index in [2.05, 4.69) is 15.6 Å². The van der Waals surface area contributed by atoms with Crippen molar-refractivity contribution in [1.82, 2.24) is 15.6 Å². The Hall–Kier alpha value is -2.78. The van der Waals surface area contributed by atoms with Crippen LogP contribution in [0.25, 0.3) is 0 Å². The van der Waals surface area contributed by atoms with Gasteiger partial charge in [-0.15, -0.1) is 0 Å². The molecule has 0 saturated carbocycles. The van der Waals surface area contributed by atoms with Crippen LogP contribution in [0.4, 0.5) is 4.39 Å². The molecular weight excluding hydrogens is 373 g/mol. The summed E-state index contributed by atoms with van der Waals surface area (Å²) in [5.41, 5.74) is 5.75. The van der Waals surface area contributed by atoms with Crippen molar-refractivity contribution in [2.75, 3.05) is 0 Å². The Bertz CT molecular complexity index is 930. The monoisotopic (exact) mass is 393 g/mol. The third-order valence-electron chi connectivity index (χ3n) is 3.77. The van der Waals surface area contributed by atoms with Crippen LogP contribution < -0.4 is 15.6 Å². The number of hydrogen-bond acceptors (Lipinski definition) is 4. The SMILES string of the molecule is CCc1ccc(C(=O)NNC(=O)C(C)NS(=O)(=O)c2ccccc2F)cc1. The molecule has 3 N–H and O–H groups in total. The van der Waals surface area contributed by atoms with Crippen molar-refractivity contribution in [2.24, 2.45) is 0 Å². The molecule has 9 heteroatoms. The Morgan fingerprint density at radius 3 is 2.26 bits per heavy atom. The molecule has 0 radical (unpaired) electrons. The molecule has 1 unspecified atom stereocenters. The van der Waals surface area contributed by atoms with Crippen molar-refractivity contribution in [3.63, 3.8) is 0 Å². The van der Waals surface area contributed by atoms with Gasteiger partial charge in [-0.1, -0.05) is 31.2 Å². The van der Waals surface area contributed by atoms with Crippen LogP contribution >= 0.6 is 0 Å². The summed E-state index contributed by atoms with van der Waals surface area (Å²) >= 11 is 0. The van der Waals surface area contributed by atoms with Crippen molar-refractivity contribution in [2.45, 2.75) is 31.2 Å². The fourth-order valence-electron chi connectivity index (χ4n) is 2.20. The maximum Gasteiger partial charge on any atom is 0.269 e. The Labute approximate surface area is 157 Å². The van der Waals surface area contributed by atoms with Gasteiger partial charge in [0.1, 0.15) is 10.7 Å². The number of benzene rings is 2. The highest BCUT2D eigenvalue weighted by molar-refractivity contribution is 7.89. The van der Waals surface area contributed by atoms with Gasteiger partial charge in [0.2, 0.25) is 10.0 Å². The first-order valence-corrected chi connectivity index (χ1v) is 9.69. The Balaban J connectivity index is 1.95. The maximum atomic E-state index is 13.7. The predicted molar refractivity (Wildman–Crippen MR) is 97.6 cm³/mol. The van der Waals surface area contributed by atoms with Gasteiger partial charge >= 0.3 is 0 Å². The van der Waals surface area contributed by atoms with Crippen LogP contribution in [0, 0.1) is 5.82 Å². The molecular formula is C18H20FN3O4S. The number of hydrogen-bond donors (Lipinski definition) is 3. The summed E-state index contributed by atoms with van der Waals surface area (Å²) in [5.74, 6) is -2.27. The molecule has 0 heterocycles. The molecule has 0 aliphatic heterocycles. The summed E-state index contributed by atoms with van der Waals surface area (Å²) < 4.78 is 40.1. The second-order valence-electron chi connectivity index (χ2n) is 5.77. The minimum atomic E-state index is -4.23. The number of aryl methyl sites for hydroxylation is 1. The van der Waals surface area contributed by atoms with E-state index in [0.717, 1.165) is 24.1 Å². The van der Waals surface area contributed by atoms with Gasteiger partial charge in [-0.25, -0.2) is 12.8 Å². The fraction of sp³-hybridized carbons (Fsp3) is 0.222. The molecule has 0 spiro atoms. The van der Waals surface area contributed by atoms with Crippen molar-refractivity contribution in [3.8, 4) is 0 Å². The van der Waals surface area contributed by atoms with Gasteiger partial charge in [-0.2, -0.15) is 4.72 Å². The standard InChI is InChI=1S/C18H20FN3O4S/c1-3-13-8-10-14(11-9-13)18(24)21-20-17(23)12(2)22-27(25,26)16-7-5-4-6-15(16)19/h4-12,22H,3H2,1-2H3,(H,20,23)(H,21,24). The van der Waals surface area contributed by atoms with Crippen molar-refractivity contribution >= 4 is 21.8 Å². The Morgan fingerprint density at radius 2 is 1.67 bits per heavy atom. The molecule has 0 bridgehead atoms. The molecule has 0 saturated heterocycles. The first-order valence-electron chi connectivity index (χ1n) is 8.20. The zero-order chi connectivity index (χ0) is 20.0. The van der Waals surface area contributed by atoms with Crippen LogP contribution in [0.5, 0.6) is 0 Å². The lowest BCUT2D eigenvalue weighted by molar-refractivity contribution is -0.123. The smallest absolute Gasteiger partial charge is 0.269 e. The maximum absolute atomic E-state index is 13.7. The van der Waals surface area contributed by atoms with Gasteiger partial charge in [0.15, 0.2) is 0 Å². The highest BCUT2D eigenvalue weighted by atomic mass is 32.2. The zero-order valence-electron chi connectivity index (χ0n) is 14.8. The van der Waals surface area contributed by atoms with E-state index in [-0.39, 0.29) is 0 Å². The van der Waals surface area contributed by atoms with Gasteiger partial charge in [0, 0.05) is 5.56 Å². The van der Waals surface area contributed by atoms with Crippen LogP contribution in [-0.2, 0) is 21.2 Å². The van der Waals surface area contributed by atoms with Gasteiger partial charge in [0.25, 0.3) is 11.8 Å². The number of hydrazine groups is 1. The molecule has 0 aliphatic carbocycles.